The molecule has 1 aliphatic rings. The van der Waals surface area contributed by atoms with Crippen LogP contribution in [-0.2, 0) is 0 Å². The van der Waals surface area contributed by atoms with Gasteiger partial charge in [0, 0.05) is 6.08 Å². The Bertz CT molecular complexity index is 149. The fraction of sp³-hybridized carbons (Fsp3) is 0.571. The summed E-state index contributed by atoms with van der Waals surface area (Å²) >= 11 is 0. The second-order valence-corrected chi connectivity index (χ2v) is 2.80. The number of halogens is 1. The number of quaternary nitrogens is 1. The van der Waals surface area contributed by atoms with Crippen molar-refractivity contribution in [3.8, 4) is 0 Å². The van der Waals surface area contributed by atoms with Gasteiger partial charge >= 0.3 is 0 Å². The molecular formula is C7H13BrN2. The van der Waals surface area contributed by atoms with Gasteiger partial charge in [-0.15, -0.1) is 0 Å². The zero-order chi connectivity index (χ0) is 6.91. The highest BCUT2D eigenvalue weighted by molar-refractivity contribution is 5.71. The molecule has 1 heterocycles. The molecule has 10 heavy (non-hydrogen) atoms. The van der Waals surface area contributed by atoms with Crippen molar-refractivity contribution < 1.29 is 21.6 Å². The van der Waals surface area contributed by atoms with E-state index in [1.807, 2.05) is 12.3 Å². The first-order chi connectivity index (χ1) is 4.15. The highest BCUT2D eigenvalue weighted by atomic mass is 79.9. The van der Waals surface area contributed by atoms with Crippen molar-refractivity contribution in [2.45, 2.75) is 19.9 Å². The van der Waals surface area contributed by atoms with Crippen molar-refractivity contribution in [3.63, 3.8) is 0 Å². The minimum atomic E-state index is 0. The fourth-order valence-corrected chi connectivity index (χ4v) is 0.739. The summed E-state index contributed by atoms with van der Waals surface area (Å²) < 4.78 is 0.694. The highest BCUT2D eigenvalue weighted by Gasteiger charge is 2.24. The van der Waals surface area contributed by atoms with Gasteiger partial charge in [0.2, 0.25) is 0 Å². The quantitative estimate of drug-likeness (QED) is 0.455. The summed E-state index contributed by atoms with van der Waals surface area (Å²) in [7, 11) is 2.09. The van der Waals surface area contributed by atoms with Crippen LogP contribution in [0.2, 0.25) is 0 Å². The van der Waals surface area contributed by atoms with E-state index in [0.717, 1.165) is 0 Å². The van der Waals surface area contributed by atoms with Gasteiger partial charge in [0.15, 0.2) is 0 Å². The lowest BCUT2D eigenvalue weighted by Crippen LogP contribution is -3.00. The molecule has 1 aliphatic heterocycles. The van der Waals surface area contributed by atoms with Crippen LogP contribution in [0.1, 0.15) is 13.8 Å². The molecule has 1 atom stereocenters. The van der Waals surface area contributed by atoms with Crippen molar-refractivity contribution in [2.75, 3.05) is 7.05 Å². The van der Waals surface area contributed by atoms with Gasteiger partial charge < -0.3 is 17.0 Å². The van der Waals surface area contributed by atoms with E-state index < -0.39 is 0 Å². The van der Waals surface area contributed by atoms with Crippen LogP contribution in [-0.4, -0.2) is 23.9 Å². The van der Waals surface area contributed by atoms with Crippen LogP contribution in [0, 0.1) is 0 Å². The Balaban J connectivity index is 0.000000810. The van der Waals surface area contributed by atoms with Crippen LogP contribution in [0.25, 0.3) is 0 Å². The Morgan fingerprint density at radius 1 is 1.40 bits per heavy atom. The third-order valence-corrected chi connectivity index (χ3v) is 1.83. The van der Waals surface area contributed by atoms with Gasteiger partial charge in [0.1, 0.15) is 12.2 Å². The summed E-state index contributed by atoms with van der Waals surface area (Å²) in [6.07, 6.45) is 5.92. The van der Waals surface area contributed by atoms with Crippen molar-refractivity contribution in [3.05, 3.63) is 12.3 Å². The Hall–Kier alpha value is -0.150. The first kappa shape index (κ1) is 9.85. The predicted molar refractivity (Wildman–Crippen MR) is 39.0 cm³/mol. The van der Waals surface area contributed by atoms with Crippen LogP contribution < -0.4 is 17.0 Å². The lowest BCUT2D eigenvalue weighted by atomic mass is 10.3. The van der Waals surface area contributed by atoms with Crippen molar-refractivity contribution in [1.82, 2.24) is 0 Å². The maximum absolute atomic E-state index is 4.27. The van der Waals surface area contributed by atoms with E-state index in [9.17, 15) is 0 Å². The van der Waals surface area contributed by atoms with E-state index in [1.165, 1.54) is 0 Å². The van der Waals surface area contributed by atoms with E-state index >= 15 is 0 Å². The number of hydrogen-bond donors (Lipinski definition) is 0. The molecule has 0 N–H and O–H groups in total. The van der Waals surface area contributed by atoms with E-state index in [2.05, 4.69) is 32.2 Å². The van der Waals surface area contributed by atoms with Gasteiger partial charge in [-0.3, -0.25) is 0 Å². The molecule has 0 aromatic rings. The van der Waals surface area contributed by atoms with Crippen LogP contribution in [0.5, 0.6) is 0 Å². The van der Waals surface area contributed by atoms with Gasteiger partial charge in [-0.25, -0.2) is 0 Å². The van der Waals surface area contributed by atoms with Crippen molar-refractivity contribution in [2.24, 2.45) is 5.10 Å². The summed E-state index contributed by atoms with van der Waals surface area (Å²) in [6.45, 7) is 4.32. The first-order valence-electron chi connectivity index (χ1n) is 3.24. The predicted octanol–water partition coefficient (Wildman–Crippen LogP) is -1.64. The van der Waals surface area contributed by atoms with Gasteiger partial charge in [0.25, 0.3) is 0 Å². The molecule has 0 aromatic carbocycles. The van der Waals surface area contributed by atoms with Gasteiger partial charge in [-0.2, -0.15) is 4.59 Å². The second kappa shape index (κ2) is 3.30. The highest BCUT2D eigenvalue weighted by Crippen LogP contribution is 2.14. The molecule has 0 radical (unpaired) electrons. The smallest absolute Gasteiger partial charge is 0.124 e. The second-order valence-electron chi connectivity index (χ2n) is 2.80. The number of allylic oxidation sites excluding steroid dienone is 1. The third-order valence-electron chi connectivity index (χ3n) is 1.83. The monoisotopic (exact) mass is 204 g/mol. The molecule has 0 saturated carbocycles. The van der Waals surface area contributed by atoms with Crippen molar-refractivity contribution >= 4 is 6.21 Å². The molecule has 1 rings (SSSR count). The zero-order valence-corrected chi connectivity index (χ0v) is 8.17. The minimum absolute atomic E-state index is 0. The molecule has 0 spiro atoms. The van der Waals surface area contributed by atoms with E-state index in [4.69, 9.17) is 0 Å². The Morgan fingerprint density at radius 3 is 2.20 bits per heavy atom. The van der Waals surface area contributed by atoms with Gasteiger partial charge in [0.05, 0.1) is 13.3 Å². The van der Waals surface area contributed by atoms with Crippen LogP contribution >= 0.6 is 0 Å². The summed E-state index contributed by atoms with van der Waals surface area (Å²) in [4.78, 5) is 0. The Labute approximate surface area is 72.6 Å². The summed E-state index contributed by atoms with van der Waals surface area (Å²) in [5.74, 6) is 0. The van der Waals surface area contributed by atoms with Crippen LogP contribution in [0.3, 0.4) is 0 Å². The van der Waals surface area contributed by atoms with Gasteiger partial charge in [-0.05, 0) is 13.8 Å². The summed E-state index contributed by atoms with van der Waals surface area (Å²) in [6, 6.07) is 0.542. The molecule has 0 aromatic heterocycles. The topological polar surface area (TPSA) is 12.4 Å². The molecule has 2 nitrogen and oxygen atoms in total. The number of nitrogens with zero attached hydrogens (tertiary/aromatic N) is 2. The maximum Gasteiger partial charge on any atom is 0.124 e. The van der Waals surface area contributed by atoms with E-state index in [1.54, 1.807) is 0 Å². The zero-order valence-electron chi connectivity index (χ0n) is 6.58. The fourth-order valence-electron chi connectivity index (χ4n) is 0.739. The Morgan fingerprint density at radius 2 is 2.00 bits per heavy atom. The number of rotatable bonds is 1. The molecule has 0 bridgehead atoms. The van der Waals surface area contributed by atoms with Gasteiger partial charge in [-0.1, -0.05) is 5.10 Å². The average molecular weight is 205 g/mol. The maximum atomic E-state index is 4.27. The van der Waals surface area contributed by atoms with Crippen LogP contribution in [0.15, 0.2) is 17.4 Å². The largest absolute Gasteiger partial charge is 1.00 e. The minimum Gasteiger partial charge on any atom is -1.00 e. The molecule has 58 valence electrons. The van der Waals surface area contributed by atoms with E-state index in [-0.39, 0.29) is 17.0 Å². The third kappa shape index (κ3) is 1.67. The van der Waals surface area contributed by atoms with Crippen molar-refractivity contribution in [1.29, 1.82) is 0 Å². The SMILES string of the molecule is CC(C)[N+]1(C)C=CC=N1.[Br-]. The van der Waals surface area contributed by atoms with Crippen LogP contribution in [0.4, 0.5) is 0 Å². The molecule has 0 amide bonds. The molecule has 1 unspecified atom stereocenters. The lowest BCUT2D eigenvalue weighted by Gasteiger charge is -2.24. The molecule has 0 saturated heterocycles. The molecule has 0 aliphatic carbocycles. The lowest BCUT2D eigenvalue weighted by molar-refractivity contribution is -0.885. The first-order valence-corrected chi connectivity index (χ1v) is 3.24. The molecule has 3 heteroatoms. The normalized spacial score (nSPS) is 29.2. The molecular weight excluding hydrogens is 192 g/mol. The molecule has 0 fully saturated rings. The average Bonchev–Trinajstić information content (AvgIpc) is 2.16. The van der Waals surface area contributed by atoms with E-state index in [0.29, 0.717) is 10.6 Å². The Kier molecular flexibility index (Phi) is 3.25. The summed E-state index contributed by atoms with van der Waals surface area (Å²) in [5.41, 5.74) is 0. The standard InChI is InChI=1S/C7H13N2.BrH/c1-7(2)9(3)6-4-5-8-9;/h4-7H,1-3H3;1H/q+1;/p-1. The number of hydrogen-bond acceptors (Lipinski definition) is 1. The summed E-state index contributed by atoms with van der Waals surface area (Å²) in [5, 5.41) is 4.27.